The summed E-state index contributed by atoms with van der Waals surface area (Å²) in [4.78, 5) is 28.1. The van der Waals surface area contributed by atoms with Crippen molar-refractivity contribution in [2.75, 3.05) is 17.1 Å². The highest BCUT2D eigenvalue weighted by molar-refractivity contribution is 7.92. The molecule has 39 heavy (non-hydrogen) atoms. The van der Waals surface area contributed by atoms with E-state index in [1.807, 2.05) is 19.1 Å². The molecule has 1 fully saturated rings. The van der Waals surface area contributed by atoms with Crippen molar-refractivity contribution in [2.45, 2.75) is 70.8 Å². The number of carbonyl (C=O) groups excluding carboxylic acids is 2. The highest BCUT2D eigenvalue weighted by Crippen LogP contribution is 2.36. The minimum absolute atomic E-state index is 0.00765. The molecule has 0 radical (unpaired) electrons. The summed E-state index contributed by atoms with van der Waals surface area (Å²) in [6, 6.07) is 8.55. The predicted octanol–water partition coefficient (Wildman–Crippen LogP) is 5.30. The van der Waals surface area contributed by atoms with Crippen molar-refractivity contribution in [3.8, 4) is 0 Å². The van der Waals surface area contributed by atoms with Crippen LogP contribution in [0.5, 0.6) is 0 Å². The largest absolute Gasteiger partial charge is 0.416 e. The molecule has 3 rings (SSSR count). The molecule has 2 amide bonds. The van der Waals surface area contributed by atoms with Gasteiger partial charge in [-0.2, -0.15) is 13.2 Å². The number of halogens is 4. The number of anilines is 1. The first-order valence-corrected chi connectivity index (χ1v) is 14.9. The lowest BCUT2D eigenvalue weighted by Gasteiger charge is -2.33. The summed E-state index contributed by atoms with van der Waals surface area (Å²) < 4.78 is 66.1. The quantitative estimate of drug-likeness (QED) is 0.431. The number of hydrogen-bond acceptors (Lipinski definition) is 4. The lowest BCUT2D eigenvalue weighted by molar-refractivity contribution is -0.139. The molecule has 1 aliphatic carbocycles. The van der Waals surface area contributed by atoms with E-state index in [0.29, 0.717) is 15.9 Å². The fraction of sp³-hybridized carbons (Fsp3) is 0.481. The Morgan fingerprint density at radius 3 is 2.26 bits per heavy atom. The minimum atomic E-state index is -4.75. The van der Waals surface area contributed by atoms with Crippen LogP contribution in [0.1, 0.15) is 55.7 Å². The fourth-order valence-electron chi connectivity index (χ4n) is 4.52. The Morgan fingerprint density at radius 2 is 1.69 bits per heavy atom. The number of hydrogen-bond donors (Lipinski definition) is 1. The summed E-state index contributed by atoms with van der Waals surface area (Å²) in [5.41, 5.74) is 0.105. The van der Waals surface area contributed by atoms with Gasteiger partial charge in [0.05, 0.1) is 22.5 Å². The average molecular weight is 588 g/mol. The van der Waals surface area contributed by atoms with E-state index in [9.17, 15) is 31.2 Å². The first-order valence-electron chi connectivity index (χ1n) is 12.7. The second kappa shape index (κ2) is 12.6. The molecule has 1 aliphatic rings. The highest BCUT2D eigenvalue weighted by Gasteiger charge is 2.35. The van der Waals surface area contributed by atoms with Gasteiger partial charge in [0.15, 0.2) is 0 Å². The lowest BCUT2D eigenvalue weighted by Crippen LogP contribution is -2.53. The summed E-state index contributed by atoms with van der Waals surface area (Å²) in [6.45, 7) is 2.60. The third kappa shape index (κ3) is 8.35. The standard InChI is InChI=1S/C27H33ClF3N3O4S/c1-18-9-11-20(12-10-18)16-33(19(2)26(36)32-22-7-5-4-6-8-22)25(35)17-34(39(3,37)38)24-15-21(27(29,30)31)13-14-23(24)28/h9-15,19,22H,4-8,16-17H2,1-3H3,(H,32,36)/t19-/m0/s1. The van der Waals surface area contributed by atoms with Crippen LogP contribution in [0.15, 0.2) is 42.5 Å². The molecule has 2 aromatic carbocycles. The number of amides is 2. The molecule has 0 aliphatic heterocycles. The van der Waals surface area contributed by atoms with Crippen LogP contribution in [0.2, 0.25) is 5.02 Å². The second-order valence-corrected chi connectivity index (χ2v) is 12.3. The lowest BCUT2D eigenvalue weighted by atomic mass is 9.95. The Balaban J connectivity index is 1.94. The monoisotopic (exact) mass is 587 g/mol. The molecule has 1 atom stereocenters. The van der Waals surface area contributed by atoms with Crippen LogP contribution in [-0.4, -0.2) is 50.0 Å². The van der Waals surface area contributed by atoms with Crippen LogP contribution < -0.4 is 9.62 Å². The minimum Gasteiger partial charge on any atom is -0.352 e. The molecule has 0 unspecified atom stereocenters. The Hall–Kier alpha value is -2.79. The van der Waals surface area contributed by atoms with Gasteiger partial charge in [0.25, 0.3) is 0 Å². The van der Waals surface area contributed by atoms with Gasteiger partial charge in [-0.15, -0.1) is 0 Å². The number of nitrogens with zero attached hydrogens (tertiary/aromatic N) is 2. The first-order chi connectivity index (χ1) is 18.2. The van der Waals surface area contributed by atoms with Gasteiger partial charge in [-0.05, 0) is 50.5 Å². The van der Waals surface area contributed by atoms with Gasteiger partial charge >= 0.3 is 6.18 Å². The van der Waals surface area contributed by atoms with Crippen LogP contribution in [0.25, 0.3) is 0 Å². The molecule has 0 bridgehead atoms. The number of alkyl halides is 3. The number of sulfonamides is 1. The highest BCUT2D eigenvalue weighted by atomic mass is 35.5. The molecule has 1 N–H and O–H groups in total. The van der Waals surface area contributed by atoms with Crippen LogP contribution in [0.3, 0.4) is 0 Å². The van der Waals surface area contributed by atoms with Crippen molar-refractivity contribution in [2.24, 2.45) is 0 Å². The summed E-state index contributed by atoms with van der Waals surface area (Å²) in [5.74, 6) is -1.15. The molecular formula is C27H33ClF3N3O4S. The van der Waals surface area contributed by atoms with E-state index in [1.54, 1.807) is 19.1 Å². The van der Waals surface area contributed by atoms with Crippen LogP contribution in [-0.2, 0) is 32.3 Å². The SMILES string of the molecule is Cc1ccc(CN(C(=O)CN(c2cc(C(F)(F)F)ccc2Cl)S(C)(=O)=O)[C@@H](C)C(=O)NC2CCCCC2)cc1. The van der Waals surface area contributed by atoms with E-state index < -0.39 is 45.9 Å². The van der Waals surface area contributed by atoms with Crippen LogP contribution in [0, 0.1) is 6.92 Å². The maximum absolute atomic E-state index is 13.7. The van der Waals surface area contributed by atoms with Crippen molar-refractivity contribution in [3.63, 3.8) is 0 Å². The molecule has 0 spiro atoms. The van der Waals surface area contributed by atoms with Crippen molar-refractivity contribution in [1.82, 2.24) is 10.2 Å². The Morgan fingerprint density at radius 1 is 1.08 bits per heavy atom. The smallest absolute Gasteiger partial charge is 0.352 e. The van der Waals surface area contributed by atoms with E-state index in [1.165, 1.54) is 4.90 Å². The number of benzene rings is 2. The van der Waals surface area contributed by atoms with Gasteiger partial charge in [-0.3, -0.25) is 13.9 Å². The zero-order valence-electron chi connectivity index (χ0n) is 22.1. The molecule has 0 heterocycles. The second-order valence-electron chi connectivity index (χ2n) is 9.96. The normalized spacial score (nSPS) is 15.5. The molecule has 0 saturated heterocycles. The number of aryl methyl sites for hydroxylation is 1. The van der Waals surface area contributed by atoms with Crippen molar-refractivity contribution in [3.05, 3.63) is 64.2 Å². The van der Waals surface area contributed by atoms with Crippen LogP contribution >= 0.6 is 11.6 Å². The van der Waals surface area contributed by atoms with Gasteiger partial charge < -0.3 is 10.2 Å². The summed E-state index contributed by atoms with van der Waals surface area (Å²) in [6.07, 6.45) is 0.773. The van der Waals surface area contributed by atoms with Gasteiger partial charge in [0.2, 0.25) is 21.8 Å². The zero-order chi connectivity index (χ0) is 29.0. The van der Waals surface area contributed by atoms with Gasteiger partial charge in [-0.25, -0.2) is 8.42 Å². The molecule has 0 aromatic heterocycles. The van der Waals surface area contributed by atoms with E-state index >= 15 is 0 Å². The topological polar surface area (TPSA) is 86.8 Å². The van der Waals surface area contributed by atoms with E-state index in [2.05, 4.69) is 5.32 Å². The summed E-state index contributed by atoms with van der Waals surface area (Å²) in [7, 11) is -4.24. The molecule has 7 nitrogen and oxygen atoms in total. The molecular weight excluding hydrogens is 555 g/mol. The average Bonchev–Trinajstić information content (AvgIpc) is 2.86. The zero-order valence-corrected chi connectivity index (χ0v) is 23.7. The molecule has 1 saturated carbocycles. The fourth-order valence-corrected chi connectivity index (χ4v) is 5.64. The van der Waals surface area contributed by atoms with E-state index in [-0.39, 0.29) is 23.5 Å². The van der Waals surface area contributed by atoms with Crippen molar-refractivity contribution < 1.29 is 31.2 Å². The van der Waals surface area contributed by atoms with Gasteiger partial charge in [-0.1, -0.05) is 60.7 Å². The number of rotatable bonds is 9. The summed E-state index contributed by atoms with van der Waals surface area (Å²) >= 11 is 6.11. The Bertz CT molecular complexity index is 1280. The van der Waals surface area contributed by atoms with E-state index in [4.69, 9.17) is 11.6 Å². The third-order valence-electron chi connectivity index (χ3n) is 6.81. The van der Waals surface area contributed by atoms with Crippen molar-refractivity contribution >= 4 is 39.1 Å². The Kier molecular flexibility index (Phi) is 9.93. The van der Waals surface area contributed by atoms with Gasteiger partial charge in [0.1, 0.15) is 12.6 Å². The maximum Gasteiger partial charge on any atom is 0.416 e. The number of carbonyl (C=O) groups is 2. The van der Waals surface area contributed by atoms with Crippen LogP contribution in [0.4, 0.5) is 18.9 Å². The number of nitrogens with one attached hydrogen (secondary N) is 1. The van der Waals surface area contributed by atoms with Crippen molar-refractivity contribution in [1.29, 1.82) is 0 Å². The third-order valence-corrected chi connectivity index (χ3v) is 8.26. The maximum atomic E-state index is 13.7. The summed E-state index contributed by atoms with van der Waals surface area (Å²) in [5, 5.41) is 2.72. The van der Waals surface area contributed by atoms with Gasteiger partial charge in [0, 0.05) is 12.6 Å². The van der Waals surface area contributed by atoms with E-state index in [0.717, 1.165) is 56.1 Å². The molecule has 214 valence electrons. The predicted molar refractivity (Wildman–Crippen MR) is 145 cm³/mol. The first kappa shape index (κ1) is 30.7. The molecule has 2 aromatic rings. The Labute approximate surface area is 232 Å². The molecule has 12 heteroatoms.